The van der Waals surface area contributed by atoms with E-state index in [2.05, 4.69) is 5.32 Å². The van der Waals surface area contributed by atoms with Crippen molar-refractivity contribution < 1.29 is 14.0 Å². The SMILES string of the molecule is O=C(c1ccco1)N1CCC[C@]2(CNC2=O)C1. The van der Waals surface area contributed by atoms with E-state index in [1.54, 1.807) is 17.0 Å². The van der Waals surface area contributed by atoms with Gasteiger partial charge in [-0.05, 0) is 25.0 Å². The van der Waals surface area contributed by atoms with E-state index < -0.39 is 0 Å². The van der Waals surface area contributed by atoms with Crippen LogP contribution in [0.25, 0.3) is 0 Å². The van der Waals surface area contributed by atoms with Crippen LogP contribution in [-0.2, 0) is 4.79 Å². The van der Waals surface area contributed by atoms with E-state index in [4.69, 9.17) is 4.42 Å². The number of nitrogens with zero attached hydrogens (tertiary/aromatic N) is 1. The molecule has 0 saturated carbocycles. The Morgan fingerprint density at radius 2 is 2.41 bits per heavy atom. The number of piperidine rings is 1. The van der Waals surface area contributed by atoms with Gasteiger partial charge in [0.1, 0.15) is 0 Å². The highest BCUT2D eigenvalue weighted by molar-refractivity contribution is 5.93. The summed E-state index contributed by atoms with van der Waals surface area (Å²) in [6, 6.07) is 3.35. The fourth-order valence-corrected chi connectivity index (χ4v) is 2.60. The van der Waals surface area contributed by atoms with E-state index in [-0.39, 0.29) is 17.2 Å². The van der Waals surface area contributed by atoms with E-state index in [1.807, 2.05) is 0 Å². The number of carbonyl (C=O) groups is 2. The van der Waals surface area contributed by atoms with Gasteiger partial charge in [0.2, 0.25) is 5.91 Å². The Morgan fingerprint density at radius 1 is 1.53 bits per heavy atom. The Bertz CT molecular complexity index is 454. The number of rotatable bonds is 1. The first-order valence-corrected chi connectivity index (χ1v) is 5.82. The summed E-state index contributed by atoms with van der Waals surface area (Å²) in [5, 5.41) is 2.76. The second kappa shape index (κ2) is 3.61. The van der Waals surface area contributed by atoms with Crippen LogP contribution in [0.4, 0.5) is 0 Å². The topological polar surface area (TPSA) is 62.6 Å². The van der Waals surface area contributed by atoms with Gasteiger partial charge in [-0.2, -0.15) is 0 Å². The smallest absolute Gasteiger partial charge is 0.289 e. The van der Waals surface area contributed by atoms with E-state index in [0.29, 0.717) is 25.4 Å². The van der Waals surface area contributed by atoms with Crippen molar-refractivity contribution >= 4 is 11.8 Å². The molecule has 0 radical (unpaired) electrons. The highest BCUT2D eigenvalue weighted by Gasteiger charge is 2.49. The minimum Gasteiger partial charge on any atom is -0.459 e. The summed E-state index contributed by atoms with van der Waals surface area (Å²) >= 11 is 0. The van der Waals surface area contributed by atoms with Gasteiger partial charge in [-0.25, -0.2) is 0 Å². The second-order valence-corrected chi connectivity index (χ2v) is 4.77. The lowest BCUT2D eigenvalue weighted by atomic mass is 9.74. The summed E-state index contributed by atoms with van der Waals surface area (Å²) in [7, 11) is 0. The molecule has 1 atom stereocenters. The van der Waals surface area contributed by atoms with Crippen molar-refractivity contribution in [2.24, 2.45) is 5.41 Å². The maximum Gasteiger partial charge on any atom is 0.289 e. The molecule has 3 rings (SSSR count). The van der Waals surface area contributed by atoms with Gasteiger partial charge in [0.25, 0.3) is 5.91 Å². The van der Waals surface area contributed by atoms with Crippen LogP contribution in [0.1, 0.15) is 23.4 Å². The molecule has 2 aliphatic rings. The van der Waals surface area contributed by atoms with Gasteiger partial charge in [-0.3, -0.25) is 9.59 Å². The molecule has 1 spiro atoms. The normalized spacial score (nSPS) is 27.8. The predicted octanol–water partition coefficient (Wildman–Crippen LogP) is 0.632. The molecule has 0 aromatic carbocycles. The maximum absolute atomic E-state index is 12.1. The highest BCUT2D eigenvalue weighted by atomic mass is 16.3. The Balaban J connectivity index is 1.76. The Kier molecular flexibility index (Phi) is 2.21. The molecule has 2 amide bonds. The molecule has 0 aliphatic carbocycles. The first-order valence-electron chi connectivity index (χ1n) is 5.82. The van der Waals surface area contributed by atoms with Crippen LogP contribution in [0.15, 0.2) is 22.8 Å². The minimum atomic E-state index is -0.333. The lowest BCUT2D eigenvalue weighted by Gasteiger charge is -2.47. The van der Waals surface area contributed by atoms with Crippen molar-refractivity contribution in [3.05, 3.63) is 24.2 Å². The summed E-state index contributed by atoms with van der Waals surface area (Å²) in [6.07, 6.45) is 3.24. The molecule has 90 valence electrons. The van der Waals surface area contributed by atoms with Gasteiger partial charge >= 0.3 is 0 Å². The molecule has 2 fully saturated rings. The van der Waals surface area contributed by atoms with E-state index in [1.165, 1.54) is 6.26 Å². The first kappa shape index (κ1) is 10.4. The molecule has 5 nitrogen and oxygen atoms in total. The molecule has 0 bridgehead atoms. The van der Waals surface area contributed by atoms with Crippen LogP contribution >= 0.6 is 0 Å². The van der Waals surface area contributed by atoms with Crippen LogP contribution in [0, 0.1) is 5.41 Å². The molecule has 5 heteroatoms. The lowest BCUT2D eigenvalue weighted by molar-refractivity contribution is -0.143. The quantitative estimate of drug-likeness (QED) is 0.725. The van der Waals surface area contributed by atoms with Crippen molar-refractivity contribution in [2.45, 2.75) is 12.8 Å². The van der Waals surface area contributed by atoms with Crippen molar-refractivity contribution in [1.29, 1.82) is 0 Å². The summed E-state index contributed by atoms with van der Waals surface area (Å²) in [6.45, 7) is 1.90. The monoisotopic (exact) mass is 234 g/mol. The van der Waals surface area contributed by atoms with Crippen LogP contribution in [0.2, 0.25) is 0 Å². The fourth-order valence-electron chi connectivity index (χ4n) is 2.60. The van der Waals surface area contributed by atoms with Gasteiger partial charge in [0.05, 0.1) is 11.7 Å². The third-order valence-corrected chi connectivity index (χ3v) is 3.67. The lowest BCUT2D eigenvalue weighted by Crippen LogP contribution is -2.65. The van der Waals surface area contributed by atoms with Crippen LogP contribution in [0.5, 0.6) is 0 Å². The molecule has 3 heterocycles. The second-order valence-electron chi connectivity index (χ2n) is 4.77. The fraction of sp³-hybridized carbons (Fsp3) is 0.500. The minimum absolute atomic E-state index is 0.0782. The summed E-state index contributed by atoms with van der Waals surface area (Å²) < 4.78 is 5.10. The first-order chi connectivity index (χ1) is 8.21. The predicted molar refractivity (Wildman–Crippen MR) is 59.3 cm³/mol. The molecular weight excluding hydrogens is 220 g/mol. The number of nitrogens with one attached hydrogen (secondary N) is 1. The van der Waals surface area contributed by atoms with E-state index in [9.17, 15) is 9.59 Å². The number of hydrogen-bond donors (Lipinski definition) is 1. The number of amides is 2. The third kappa shape index (κ3) is 1.53. The number of carbonyl (C=O) groups excluding carboxylic acids is 2. The van der Waals surface area contributed by atoms with Gasteiger partial charge in [0.15, 0.2) is 5.76 Å². The average Bonchev–Trinajstić information content (AvgIpc) is 2.90. The third-order valence-electron chi connectivity index (χ3n) is 3.67. The van der Waals surface area contributed by atoms with Crippen molar-refractivity contribution in [1.82, 2.24) is 10.2 Å². The van der Waals surface area contributed by atoms with Crippen molar-refractivity contribution in [2.75, 3.05) is 19.6 Å². The molecule has 2 aliphatic heterocycles. The Hall–Kier alpha value is -1.78. The van der Waals surface area contributed by atoms with E-state index in [0.717, 1.165) is 12.8 Å². The molecular formula is C12H14N2O3. The van der Waals surface area contributed by atoms with Gasteiger partial charge in [0, 0.05) is 19.6 Å². The average molecular weight is 234 g/mol. The van der Waals surface area contributed by atoms with E-state index >= 15 is 0 Å². The maximum atomic E-state index is 12.1. The van der Waals surface area contributed by atoms with Crippen LogP contribution in [-0.4, -0.2) is 36.3 Å². The number of furan rings is 1. The zero-order valence-corrected chi connectivity index (χ0v) is 9.44. The molecule has 2 saturated heterocycles. The molecule has 17 heavy (non-hydrogen) atoms. The largest absolute Gasteiger partial charge is 0.459 e. The van der Waals surface area contributed by atoms with Crippen molar-refractivity contribution in [3.8, 4) is 0 Å². The highest BCUT2D eigenvalue weighted by Crippen LogP contribution is 2.35. The summed E-state index contributed by atoms with van der Waals surface area (Å²) in [5.41, 5.74) is -0.333. The van der Waals surface area contributed by atoms with Crippen molar-refractivity contribution in [3.63, 3.8) is 0 Å². The van der Waals surface area contributed by atoms with Gasteiger partial charge < -0.3 is 14.6 Å². The molecule has 1 aromatic heterocycles. The Labute approximate surface area is 98.8 Å². The van der Waals surface area contributed by atoms with Crippen LogP contribution < -0.4 is 5.32 Å². The summed E-state index contributed by atoms with van der Waals surface area (Å²) in [5.74, 6) is 0.310. The zero-order chi connectivity index (χ0) is 11.9. The molecule has 1 aromatic rings. The Morgan fingerprint density at radius 3 is 3.00 bits per heavy atom. The molecule has 1 N–H and O–H groups in total. The standard InChI is InChI=1S/C12H14N2O3/c15-10(9-3-1-6-17-9)14-5-2-4-12(8-14)7-13-11(12)16/h1,3,6H,2,4-5,7-8H2,(H,13,16)/t12-/m0/s1. The van der Waals surface area contributed by atoms with Crippen LogP contribution in [0.3, 0.4) is 0 Å². The number of β-lactam (4-membered cyclic amide) rings is 1. The van der Waals surface area contributed by atoms with Gasteiger partial charge in [-0.1, -0.05) is 0 Å². The number of hydrogen-bond acceptors (Lipinski definition) is 3. The molecule has 0 unspecified atom stereocenters. The zero-order valence-electron chi connectivity index (χ0n) is 9.44. The van der Waals surface area contributed by atoms with Gasteiger partial charge in [-0.15, -0.1) is 0 Å². The number of likely N-dealkylation sites (tertiary alicyclic amines) is 1. The summed E-state index contributed by atoms with van der Waals surface area (Å²) in [4.78, 5) is 25.4.